The van der Waals surface area contributed by atoms with Gasteiger partial charge in [0.05, 0.1) is 6.61 Å². The number of aliphatic hydroxyl groups is 1. The Morgan fingerprint density at radius 2 is 1.71 bits per heavy atom. The van der Waals surface area contributed by atoms with Crippen molar-refractivity contribution in [2.24, 2.45) is 0 Å². The summed E-state index contributed by atoms with van der Waals surface area (Å²) in [6.07, 6.45) is 0.352. The van der Waals surface area contributed by atoms with E-state index in [-0.39, 0.29) is 31.1 Å². The Hall–Kier alpha value is -2.46. The second kappa shape index (κ2) is 8.41. The average Bonchev–Trinajstić information content (AvgIpc) is 2.60. The lowest BCUT2D eigenvalue weighted by molar-refractivity contribution is -0.121. The van der Waals surface area contributed by atoms with Crippen LogP contribution in [0.4, 0.5) is 0 Å². The summed E-state index contributed by atoms with van der Waals surface area (Å²) in [6.45, 7) is 4.14. The molecule has 0 fully saturated rings. The molecule has 0 aliphatic heterocycles. The van der Waals surface area contributed by atoms with Gasteiger partial charge in [0.25, 0.3) is 0 Å². The minimum atomic E-state index is -0.165. The van der Waals surface area contributed by atoms with Crippen LogP contribution in [0.2, 0.25) is 0 Å². The van der Waals surface area contributed by atoms with Crippen molar-refractivity contribution in [1.82, 2.24) is 5.32 Å². The molecule has 0 saturated heterocycles. The molecule has 0 bridgehead atoms. The predicted octanol–water partition coefficient (Wildman–Crippen LogP) is 3.08. The SMILES string of the molecule is Cc1ccc(C)c(C(=O)CCC(=O)NCc2ccccc2CO)c1. The lowest BCUT2D eigenvalue weighted by Crippen LogP contribution is -2.24. The highest BCUT2D eigenvalue weighted by Gasteiger charge is 2.12. The van der Waals surface area contributed by atoms with Gasteiger partial charge < -0.3 is 10.4 Å². The molecule has 0 unspecified atom stereocenters. The lowest BCUT2D eigenvalue weighted by atomic mass is 9.99. The van der Waals surface area contributed by atoms with Gasteiger partial charge in [0.15, 0.2) is 5.78 Å². The predicted molar refractivity (Wildman–Crippen MR) is 93.7 cm³/mol. The Bertz CT molecular complexity index is 737. The molecule has 0 spiro atoms. The average molecular weight is 325 g/mol. The number of carbonyl (C=O) groups is 2. The highest BCUT2D eigenvalue weighted by Crippen LogP contribution is 2.14. The highest BCUT2D eigenvalue weighted by molar-refractivity contribution is 5.99. The summed E-state index contributed by atoms with van der Waals surface area (Å²) in [7, 11) is 0. The highest BCUT2D eigenvalue weighted by atomic mass is 16.3. The summed E-state index contributed by atoms with van der Waals surface area (Å²) in [5.41, 5.74) is 4.34. The first-order valence-corrected chi connectivity index (χ1v) is 8.06. The normalized spacial score (nSPS) is 10.5. The molecule has 0 atom stereocenters. The minimum absolute atomic E-state index is 0.0119. The summed E-state index contributed by atoms with van der Waals surface area (Å²) >= 11 is 0. The van der Waals surface area contributed by atoms with Crippen LogP contribution >= 0.6 is 0 Å². The molecule has 4 nitrogen and oxygen atoms in total. The van der Waals surface area contributed by atoms with E-state index in [2.05, 4.69) is 5.32 Å². The van der Waals surface area contributed by atoms with Crippen molar-refractivity contribution in [3.8, 4) is 0 Å². The maximum Gasteiger partial charge on any atom is 0.220 e. The number of carbonyl (C=O) groups excluding carboxylic acids is 2. The zero-order chi connectivity index (χ0) is 17.5. The second-order valence-corrected chi connectivity index (χ2v) is 5.95. The van der Waals surface area contributed by atoms with E-state index < -0.39 is 0 Å². The minimum Gasteiger partial charge on any atom is -0.392 e. The van der Waals surface area contributed by atoms with Crippen molar-refractivity contribution in [2.45, 2.75) is 39.8 Å². The van der Waals surface area contributed by atoms with Crippen molar-refractivity contribution >= 4 is 11.7 Å². The van der Waals surface area contributed by atoms with Crippen molar-refractivity contribution in [3.05, 3.63) is 70.3 Å². The van der Waals surface area contributed by atoms with E-state index in [4.69, 9.17) is 0 Å². The molecule has 0 aromatic heterocycles. The third-order valence-electron chi connectivity index (χ3n) is 4.04. The molecule has 1 amide bonds. The van der Waals surface area contributed by atoms with Crippen molar-refractivity contribution in [1.29, 1.82) is 0 Å². The zero-order valence-corrected chi connectivity index (χ0v) is 14.1. The fourth-order valence-electron chi connectivity index (χ4n) is 2.56. The van der Waals surface area contributed by atoms with E-state index >= 15 is 0 Å². The number of aryl methyl sites for hydroxylation is 2. The Balaban J connectivity index is 1.87. The number of aliphatic hydroxyl groups excluding tert-OH is 1. The molecule has 0 aliphatic carbocycles. The van der Waals surface area contributed by atoms with Gasteiger partial charge in [-0.2, -0.15) is 0 Å². The van der Waals surface area contributed by atoms with Crippen LogP contribution in [0.1, 0.15) is 45.5 Å². The Labute approximate surface area is 142 Å². The van der Waals surface area contributed by atoms with Gasteiger partial charge in [-0.1, -0.05) is 42.0 Å². The monoisotopic (exact) mass is 325 g/mol. The van der Waals surface area contributed by atoms with Gasteiger partial charge >= 0.3 is 0 Å². The van der Waals surface area contributed by atoms with Crippen molar-refractivity contribution in [2.75, 3.05) is 0 Å². The maximum atomic E-state index is 12.3. The van der Waals surface area contributed by atoms with E-state index in [9.17, 15) is 14.7 Å². The molecule has 0 aliphatic rings. The van der Waals surface area contributed by atoms with Gasteiger partial charge in [0.1, 0.15) is 0 Å². The molecule has 24 heavy (non-hydrogen) atoms. The van der Waals surface area contributed by atoms with E-state index in [1.165, 1.54) is 0 Å². The molecule has 0 saturated carbocycles. The van der Waals surface area contributed by atoms with E-state index in [1.54, 1.807) is 0 Å². The Morgan fingerprint density at radius 1 is 1.00 bits per heavy atom. The number of hydrogen-bond donors (Lipinski definition) is 2. The van der Waals surface area contributed by atoms with Crippen LogP contribution in [0.15, 0.2) is 42.5 Å². The van der Waals surface area contributed by atoms with Gasteiger partial charge in [-0.3, -0.25) is 9.59 Å². The van der Waals surface area contributed by atoms with Gasteiger partial charge in [0, 0.05) is 24.9 Å². The summed E-state index contributed by atoms with van der Waals surface area (Å²) in [5.74, 6) is -0.177. The fraction of sp³-hybridized carbons (Fsp3) is 0.300. The van der Waals surface area contributed by atoms with Crippen LogP contribution in [0.25, 0.3) is 0 Å². The molecule has 126 valence electrons. The van der Waals surface area contributed by atoms with E-state index in [0.717, 1.165) is 22.3 Å². The Morgan fingerprint density at radius 3 is 2.42 bits per heavy atom. The molecule has 0 heterocycles. The van der Waals surface area contributed by atoms with Gasteiger partial charge in [-0.05, 0) is 36.6 Å². The van der Waals surface area contributed by atoms with E-state index in [0.29, 0.717) is 12.1 Å². The summed E-state index contributed by atoms with van der Waals surface area (Å²) < 4.78 is 0. The van der Waals surface area contributed by atoms with Crippen LogP contribution in [-0.4, -0.2) is 16.8 Å². The smallest absolute Gasteiger partial charge is 0.220 e. The molecule has 2 aromatic rings. The first-order chi connectivity index (χ1) is 11.5. The quantitative estimate of drug-likeness (QED) is 0.769. The molecule has 2 rings (SSSR count). The summed E-state index contributed by atoms with van der Waals surface area (Å²) in [5, 5.41) is 12.1. The molecule has 2 aromatic carbocycles. The van der Waals surface area contributed by atoms with Crippen LogP contribution in [0.3, 0.4) is 0 Å². The molecule has 2 N–H and O–H groups in total. The third kappa shape index (κ3) is 4.77. The van der Waals surface area contributed by atoms with Crippen LogP contribution < -0.4 is 5.32 Å². The van der Waals surface area contributed by atoms with E-state index in [1.807, 2.05) is 56.3 Å². The molecule has 0 radical (unpaired) electrons. The Kier molecular flexibility index (Phi) is 6.27. The standard InChI is InChI=1S/C20H23NO3/c1-14-7-8-15(2)18(11-14)19(23)9-10-20(24)21-12-16-5-3-4-6-17(16)13-22/h3-8,11,22H,9-10,12-13H2,1-2H3,(H,21,24). The number of Topliss-reactive ketones (excluding diaryl/α,β-unsaturated/α-hetero) is 1. The number of nitrogens with one attached hydrogen (secondary N) is 1. The van der Waals surface area contributed by atoms with Gasteiger partial charge in [-0.25, -0.2) is 0 Å². The first kappa shape index (κ1) is 17.9. The van der Waals surface area contributed by atoms with Crippen LogP contribution in [-0.2, 0) is 17.9 Å². The second-order valence-electron chi connectivity index (χ2n) is 5.95. The summed E-state index contributed by atoms with van der Waals surface area (Å²) in [4.78, 5) is 24.3. The topological polar surface area (TPSA) is 66.4 Å². The fourth-order valence-corrected chi connectivity index (χ4v) is 2.56. The van der Waals surface area contributed by atoms with Crippen molar-refractivity contribution in [3.63, 3.8) is 0 Å². The van der Waals surface area contributed by atoms with Gasteiger partial charge in [0.2, 0.25) is 5.91 Å². The molecular weight excluding hydrogens is 302 g/mol. The number of benzene rings is 2. The number of hydrogen-bond acceptors (Lipinski definition) is 3. The molecule has 4 heteroatoms. The zero-order valence-electron chi connectivity index (χ0n) is 14.1. The summed E-state index contributed by atoms with van der Waals surface area (Å²) in [6, 6.07) is 13.2. The maximum absolute atomic E-state index is 12.3. The lowest BCUT2D eigenvalue weighted by Gasteiger charge is -2.09. The van der Waals surface area contributed by atoms with Crippen LogP contribution in [0.5, 0.6) is 0 Å². The van der Waals surface area contributed by atoms with Gasteiger partial charge in [-0.15, -0.1) is 0 Å². The van der Waals surface area contributed by atoms with Crippen LogP contribution in [0, 0.1) is 13.8 Å². The number of ketones is 1. The molecular formula is C20H23NO3. The third-order valence-corrected chi connectivity index (χ3v) is 4.04. The van der Waals surface area contributed by atoms with Crippen molar-refractivity contribution < 1.29 is 14.7 Å². The number of amides is 1. The first-order valence-electron chi connectivity index (χ1n) is 8.06. The number of rotatable bonds is 7. The largest absolute Gasteiger partial charge is 0.392 e.